The van der Waals surface area contributed by atoms with E-state index < -0.39 is 0 Å². The van der Waals surface area contributed by atoms with Gasteiger partial charge >= 0.3 is 6.09 Å². The summed E-state index contributed by atoms with van der Waals surface area (Å²) in [5, 5.41) is 2.91. The number of nitrogens with zero attached hydrogens (tertiary/aromatic N) is 1. The molecule has 1 N–H and O–H groups in total. The van der Waals surface area contributed by atoms with Gasteiger partial charge in [0.1, 0.15) is 6.10 Å². The van der Waals surface area contributed by atoms with Gasteiger partial charge in [-0.25, -0.2) is 4.79 Å². The van der Waals surface area contributed by atoms with Crippen LogP contribution in [0.2, 0.25) is 0 Å². The van der Waals surface area contributed by atoms with Gasteiger partial charge in [0.2, 0.25) is 5.91 Å². The minimum Gasteiger partial charge on any atom is -0.442 e. The molecule has 5 nitrogen and oxygen atoms in total. The Balaban J connectivity index is 1.41. The van der Waals surface area contributed by atoms with Gasteiger partial charge in [-0.05, 0) is 30.2 Å². The van der Waals surface area contributed by atoms with E-state index in [1.165, 1.54) is 5.56 Å². The summed E-state index contributed by atoms with van der Waals surface area (Å²) in [6.45, 7) is 5.31. The topological polar surface area (TPSA) is 58.6 Å². The Kier molecular flexibility index (Phi) is 4.78. The van der Waals surface area contributed by atoms with Crippen molar-refractivity contribution in [2.45, 2.75) is 57.1 Å². The summed E-state index contributed by atoms with van der Waals surface area (Å²) in [6, 6.07) is 10.6. The van der Waals surface area contributed by atoms with Crippen molar-refractivity contribution < 1.29 is 14.3 Å². The molecule has 2 aliphatic rings. The Labute approximate surface area is 143 Å². The predicted octanol–water partition coefficient (Wildman–Crippen LogP) is 2.84. The Bertz CT molecular complexity index is 596. The van der Waals surface area contributed by atoms with Crippen molar-refractivity contribution in [1.29, 1.82) is 0 Å². The largest absolute Gasteiger partial charge is 0.442 e. The van der Waals surface area contributed by atoms with Crippen LogP contribution in [-0.4, -0.2) is 42.1 Å². The molecule has 0 radical (unpaired) electrons. The lowest BCUT2D eigenvalue weighted by Gasteiger charge is -2.25. The van der Waals surface area contributed by atoms with Crippen molar-refractivity contribution in [3.05, 3.63) is 35.9 Å². The second-order valence-corrected chi connectivity index (χ2v) is 7.44. The molecule has 1 aliphatic carbocycles. The molecule has 1 aliphatic heterocycles. The van der Waals surface area contributed by atoms with E-state index in [-0.39, 0.29) is 23.5 Å². The highest BCUT2D eigenvalue weighted by Gasteiger charge is 2.40. The average Bonchev–Trinajstić information content (AvgIpc) is 3.35. The van der Waals surface area contributed by atoms with E-state index in [2.05, 4.69) is 31.3 Å². The number of carbonyl (C=O) groups is 2. The third-order valence-electron chi connectivity index (χ3n) is 4.95. The molecule has 1 aromatic rings. The molecule has 1 aromatic carbocycles. The number of cyclic esters (lactones) is 1. The summed E-state index contributed by atoms with van der Waals surface area (Å²) in [4.78, 5) is 25.6. The average molecular weight is 330 g/mol. The first-order valence-corrected chi connectivity index (χ1v) is 8.75. The first-order chi connectivity index (χ1) is 11.5. The highest BCUT2D eigenvalue weighted by molar-refractivity contribution is 5.76. The van der Waals surface area contributed by atoms with Gasteiger partial charge in [0.15, 0.2) is 0 Å². The highest BCUT2D eigenvalue weighted by Crippen LogP contribution is 2.30. The summed E-state index contributed by atoms with van der Waals surface area (Å²) >= 11 is 0. The normalized spacial score (nSPS) is 20.8. The Hall–Kier alpha value is -2.04. The van der Waals surface area contributed by atoms with Crippen molar-refractivity contribution in [2.75, 3.05) is 13.1 Å². The quantitative estimate of drug-likeness (QED) is 0.836. The van der Waals surface area contributed by atoms with E-state index in [1.54, 1.807) is 4.90 Å². The zero-order chi connectivity index (χ0) is 17.2. The summed E-state index contributed by atoms with van der Waals surface area (Å²) in [6.07, 6.45) is 2.94. The second-order valence-electron chi connectivity index (χ2n) is 7.44. The van der Waals surface area contributed by atoms with E-state index in [0.29, 0.717) is 25.6 Å². The van der Waals surface area contributed by atoms with Crippen molar-refractivity contribution in [3.63, 3.8) is 0 Å². The lowest BCUT2D eigenvalue weighted by atomic mass is 9.80. The van der Waals surface area contributed by atoms with E-state index in [0.717, 1.165) is 19.3 Å². The van der Waals surface area contributed by atoms with Gasteiger partial charge in [-0.15, -0.1) is 0 Å². The molecule has 0 aromatic heterocycles. The maximum Gasteiger partial charge on any atom is 0.410 e. The smallest absolute Gasteiger partial charge is 0.410 e. The Morgan fingerprint density at radius 1 is 1.29 bits per heavy atom. The third kappa shape index (κ3) is 4.08. The zero-order valence-corrected chi connectivity index (χ0v) is 14.5. The van der Waals surface area contributed by atoms with Gasteiger partial charge in [0.25, 0.3) is 0 Å². The van der Waals surface area contributed by atoms with Crippen LogP contribution in [-0.2, 0) is 14.9 Å². The molecule has 0 bridgehead atoms. The monoisotopic (exact) mass is 330 g/mol. The van der Waals surface area contributed by atoms with Crippen molar-refractivity contribution >= 4 is 12.0 Å². The molecule has 3 rings (SSSR count). The summed E-state index contributed by atoms with van der Waals surface area (Å²) < 4.78 is 5.31. The summed E-state index contributed by atoms with van der Waals surface area (Å²) in [5.41, 5.74) is 1.20. The molecule has 2 amide bonds. The summed E-state index contributed by atoms with van der Waals surface area (Å²) in [5.74, 6) is 0.0138. The van der Waals surface area contributed by atoms with Gasteiger partial charge in [-0.2, -0.15) is 0 Å². The minimum atomic E-state index is -0.234. The number of hydrogen-bond acceptors (Lipinski definition) is 3. The molecular formula is C19H26N2O3. The lowest BCUT2D eigenvalue weighted by Crippen LogP contribution is -2.35. The third-order valence-corrected chi connectivity index (χ3v) is 4.95. The number of benzene rings is 1. The Morgan fingerprint density at radius 3 is 2.67 bits per heavy atom. The molecule has 130 valence electrons. The van der Waals surface area contributed by atoms with Crippen LogP contribution >= 0.6 is 0 Å². The maximum atomic E-state index is 12.1. The number of rotatable bonds is 7. The standard InChI is InChI=1S/C19H26N2O3/c1-19(2,14-6-4-3-5-7-14)11-10-17(22)20-12-16-13-21(15-8-9-15)18(23)24-16/h3-7,15-16H,8-13H2,1-2H3,(H,20,22). The van der Waals surface area contributed by atoms with Crippen LogP contribution in [0.5, 0.6) is 0 Å². The van der Waals surface area contributed by atoms with Crippen LogP contribution in [0.1, 0.15) is 45.1 Å². The maximum absolute atomic E-state index is 12.1. The number of ether oxygens (including phenoxy) is 1. The SMILES string of the molecule is CC(C)(CCC(=O)NCC1CN(C2CC2)C(=O)O1)c1ccccc1. The van der Waals surface area contributed by atoms with Crippen LogP contribution < -0.4 is 5.32 Å². The highest BCUT2D eigenvalue weighted by atomic mass is 16.6. The predicted molar refractivity (Wildman–Crippen MR) is 91.7 cm³/mol. The van der Waals surface area contributed by atoms with Gasteiger partial charge < -0.3 is 15.0 Å². The molecule has 2 fully saturated rings. The van der Waals surface area contributed by atoms with E-state index in [4.69, 9.17) is 4.74 Å². The molecule has 1 heterocycles. The molecule has 24 heavy (non-hydrogen) atoms. The van der Waals surface area contributed by atoms with Gasteiger partial charge in [-0.3, -0.25) is 4.79 Å². The number of carbonyl (C=O) groups excluding carboxylic acids is 2. The lowest BCUT2D eigenvalue weighted by molar-refractivity contribution is -0.121. The fourth-order valence-electron chi connectivity index (χ4n) is 3.11. The molecule has 1 saturated heterocycles. The molecular weight excluding hydrogens is 304 g/mol. The van der Waals surface area contributed by atoms with Crippen LogP contribution in [0.4, 0.5) is 4.79 Å². The van der Waals surface area contributed by atoms with Crippen molar-refractivity contribution in [1.82, 2.24) is 10.2 Å². The van der Waals surface area contributed by atoms with E-state index in [1.807, 2.05) is 18.2 Å². The zero-order valence-electron chi connectivity index (χ0n) is 14.5. The fourth-order valence-corrected chi connectivity index (χ4v) is 3.11. The number of amides is 2. The first kappa shape index (κ1) is 16.8. The summed E-state index contributed by atoms with van der Waals surface area (Å²) in [7, 11) is 0. The molecule has 1 unspecified atom stereocenters. The second kappa shape index (κ2) is 6.83. The molecule has 5 heteroatoms. The van der Waals surface area contributed by atoms with Crippen LogP contribution in [0.3, 0.4) is 0 Å². The number of hydrogen-bond donors (Lipinski definition) is 1. The molecule has 1 atom stereocenters. The van der Waals surface area contributed by atoms with Crippen molar-refractivity contribution in [3.8, 4) is 0 Å². The fraction of sp³-hybridized carbons (Fsp3) is 0.579. The van der Waals surface area contributed by atoms with Gasteiger partial charge in [0, 0.05) is 12.5 Å². The van der Waals surface area contributed by atoms with Crippen LogP contribution in [0.15, 0.2) is 30.3 Å². The van der Waals surface area contributed by atoms with Crippen LogP contribution in [0, 0.1) is 0 Å². The molecule has 1 saturated carbocycles. The molecule has 0 spiro atoms. The number of nitrogens with one attached hydrogen (secondary N) is 1. The minimum absolute atomic E-state index is 0.0138. The van der Waals surface area contributed by atoms with Crippen LogP contribution in [0.25, 0.3) is 0 Å². The van der Waals surface area contributed by atoms with E-state index in [9.17, 15) is 9.59 Å². The first-order valence-electron chi connectivity index (χ1n) is 8.75. The van der Waals surface area contributed by atoms with Crippen molar-refractivity contribution in [2.24, 2.45) is 0 Å². The Morgan fingerprint density at radius 2 is 2.00 bits per heavy atom. The van der Waals surface area contributed by atoms with Gasteiger partial charge in [-0.1, -0.05) is 44.2 Å². The van der Waals surface area contributed by atoms with Gasteiger partial charge in [0.05, 0.1) is 13.1 Å². The van der Waals surface area contributed by atoms with E-state index >= 15 is 0 Å².